The molecule has 0 saturated heterocycles. The number of rotatable bonds is 6. The maximum atomic E-state index is 13.2. The van der Waals surface area contributed by atoms with E-state index in [1.807, 2.05) is 0 Å². The Morgan fingerprint density at radius 1 is 0.955 bits per heavy atom. The van der Waals surface area contributed by atoms with E-state index in [9.17, 15) is 13.2 Å². The Morgan fingerprint density at radius 2 is 1.50 bits per heavy atom. The average molecular weight is 310 g/mol. The van der Waals surface area contributed by atoms with Gasteiger partial charge in [-0.1, -0.05) is 37.8 Å². The molecular formula is C19H25F3. The third kappa shape index (κ3) is 4.89. The number of benzene rings is 1. The van der Waals surface area contributed by atoms with Crippen molar-refractivity contribution in [2.75, 3.05) is 0 Å². The molecule has 1 aromatic carbocycles. The molecule has 0 unspecified atom stereocenters. The van der Waals surface area contributed by atoms with E-state index >= 15 is 0 Å². The fraction of sp³-hybridized carbons (Fsp3) is 0.579. The molecule has 0 aromatic heterocycles. The van der Waals surface area contributed by atoms with E-state index in [0.29, 0.717) is 17.9 Å². The van der Waals surface area contributed by atoms with Gasteiger partial charge in [-0.3, -0.25) is 0 Å². The molecule has 0 aliphatic heterocycles. The van der Waals surface area contributed by atoms with Crippen molar-refractivity contribution >= 4 is 0 Å². The van der Waals surface area contributed by atoms with Crippen molar-refractivity contribution in [1.82, 2.24) is 0 Å². The Kier molecular flexibility index (Phi) is 6.53. The molecule has 0 bridgehead atoms. The smallest absolute Gasteiger partial charge is 0.194 e. The summed E-state index contributed by atoms with van der Waals surface area (Å²) in [6.45, 7) is 2.05. The minimum absolute atomic E-state index is 0.562. The molecule has 1 aliphatic rings. The Labute approximate surface area is 131 Å². The minimum Gasteiger partial charge on any atom is -0.204 e. The van der Waals surface area contributed by atoms with Gasteiger partial charge in [0.15, 0.2) is 17.5 Å². The van der Waals surface area contributed by atoms with Gasteiger partial charge < -0.3 is 0 Å². The van der Waals surface area contributed by atoms with E-state index in [0.717, 1.165) is 24.5 Å². The van der Waals surface area contributed by atoms with Crippen molar-refractivity contribution in [3.63, 3.8) is 0 Å². The fourth-order valence-corrected chi connectivity index (χ4v) is 3.43. The van der Waals surface area contributed by atoms with E-state index in [1.165, 1.54) is 38.5 Å². The molecule has 0 atom stereocenters. The summed E-state index contributed by atoms with van der Waals surface area (Å²) in [6, 6.07) is 2.25. The topological polar surface area (TPSA) is 0 Å². The van der Waals surface area contributed by atoms with Gasteiger partial charge >= 0.3 is 0 Å². The van der Waals surface area contributed by atoms with E-state index in [-0.39, 0.29) is 0 Å². The number of allylic oxidation sites excluding steroid dienone is 2. The molecule has 1 aromatic rings. The molecular weight excluding hydrogens is 285 g/mol. The second kappa shape index (κ2) is 8.40. The van der Waals surface area contributed by atoms with Gasteiger partial charge in [0.25, 0.3) is 0 Å². The van der Waals surface area contributed by atoms with Crippen LogP contribution in [0, 0.1) is 29.3 Å². The van der Waals surface area contributed by atoms with Crippen LogP contribution in [0.3, 0.4) is 0 Å². The highest BCUT2D eigenvalue weighted by Crippen LogP contribution is 2.34. The third-order valence-corrected chi connectivity index (χ3v) is 4.83. The molecule has 0 heterocycles. The van der Waals surface area contributed by atoms with Gasteiger partial charge in [0, 0.05) is 0 Å². The first kappa shape index (κ1) is 17.1. The first-order valence-corrected chi connectivity index (χ1v) is 8.34. The van der Waals surface area contributed by atoms with E-state index in [4.69, 9.17) is 0 Å². The van der Waals surface area contributed by atoms with Crippen LogP contribution in [0.5, 0.6) is 0 Å². The van der Waals surface area contributed by atoms with Gasteiger partial charge in [-0.25, -0.2) is 13.2 Å². The molecule has 0 amide bonds. The van der Waals surface area contributed by atoms with Crippen LogP contribution in [0.15, 0.2) is 24.3 Å². The van der Waals surface area contributed by atoms with Crippen molar-refractivity contribution in [3.05, 3.63) is 47.3 Å². The number of aryl methyl sites for hydroxylation is 1. The summed E-state index contributed by atoms with van der Waals surface area (Å²) in [6.07, 6.45) is 13.2. The standard InChI is InChI=1S/C19H25F3/c1-2-3-4-5-14-6-8-15(9-7-14)10-11-16-12-17(20)19(22)18(21)13-16/h2-3,12-15H,4-11H2,1H3. The van der Waals surface area contributed by atoms with Crippen molar-refractivity contribution in [2.45, 2.75) is 58.3 Å². The van der Waals surface area contributed by atoms with E-state index in [2.05, 4.69) is 19.1 Å². The Bertz CT molecular complexity index is 476. The molecule has 0 spiro atoms. The van der Waals surface area contributed by atoms with Gasteiger partial charge in [-0.15, -0.1) is 0 Å². The van der Waals surface area contributed by atoms with Crippen molar-refractivity contribution in [2.24, 2.45) is 11.8 Å². The number of hydrogen-bond acceptors (Lipinski definition) is 0. The van der Waals surface area contributed by atoms with E-state index < -0.39 is 17.5 Å². The zero-order valence-electron chi connectivity index (χ0n) is 13.3. The largest absolute Gasteiger partial charge is 0.204 e. The van der Waals surface area contributed by atoms with E-state index in [1.54, 1.807) is 0 Å². The Balaban J connectivity index is 1.75. The summed E-state index contributed by atoms with van der Waals surface area (Å²) in [7, 11) is 0. The van der Waals surface area contributed by atoms with Crippen LogP contribution in [-0.4, -0.2) is 0 Å². The third-order valence-electron chi connectivity index (χ3n) is 4.83. The van der Waals surface area contributed by atoms with Crippen LogP contribution in [-0.2, 0) is 6.42 Å². The fourth-order valence-electron chi connectivity index (χ4n) is 3.43. The lowest BCUT2D eigenvalue weighted by Crippen LogP contribution is -2.15. The van der Waals surface area contributed by atoms with Gasteiger partial charge in [0.1, 0.15) is 0 Å². The van der Waals surface area contributed by atoms with Crippen LogP contribution in [0.25, 0.3) is 0 Å². The predicted octanol–water partition coefficient (Wildman–Crippen LogP) is 6.20. The summed E-state index contributed by atoms with van der Waals surface area (Å²) >= 11 is 0. The van der Waals surface area contributed by atoms with Crippen LogP contribution in [0.2, 0.25) is 0 Å². The SMILES string of the molecule is CC=CCCC1CCC(CCc2cc(F)c(F)c(F)c2)CC1. The minimum atomic E-state index is -1.37. The summed E-state index contributed by atoms with van der Waals surface area (Å²) in [5.74, 6) is -2.07. The zero-order chi connectivity index (χ0) is 15.9. The number of hydrogen-bond donors (Lipinski definition) is 0. The number of halogens is 3. The molecule has 0 N–H and O–H groups in total. The highest BCUT2D eigenvalue weighted by molar-refractivity contribution is 5.19. The zero-order valence-corrected chi connectivity index (χ0v) is 13.3. The lowest BCUT2D eigenvalue weighted by atomic mass is 9.78. The molecule has 1 saturated carbocycles. The van der Waals surface area contributed by atoms with Crippen LogP contribution >= 0.6 is 0 Å². The van der Waals surface area contributed by atoms with Gasteiger partial charge in [-0.05, 0) is 62.1 Å². The molecule has 122 valence electrons. The monoisotopic (exact) mass is 310 g/mol. The average Bonchev–Trinajstić information content (AvgIpc) is 2.52. The van der Waals surface area contributed by atoms with Crippen molar-refractivity contribution in [1.29, 1.82) is 0 Å². The maximum Gasteiger partial charge on any atom is 0.194 e. The molecule has 0 nitrogen and oxygen atoms in total. The molecule has 22 heavy (non-hydrogen) atoms. The normalized spacial score (nSPS) is 22.4. The van der Waals surface area contributed by atoms with Crippen molar-refractivity contribution < 1.29 is 13.2 Å². The second-order valence-corrected chi connectivity index (χ2v) is 6.45. The lowest BCUT2D eigenvalue weighted by molar-refractivity contribution is 0.254. The summed E-state index contributed by atoms with van der Waals surface area (Å²) in [4.78, 5) is 0. The van der Waals surface area contributed by atoms with Crippen LogP contribution < -0.4 is 0 Å². The predicted molar refractivity (Wildman–Crippen MR) is 84.1 cm³/mol. The second-order valence-electron chi connectivity index (χ2n) is 6.45. The Hall–Kier alpha value is -1.25. The summed E-state index contributed by atoms with van der Waals surface area (Å²) in [5.41, 5.74) is 0.562. The highest BCUT2D eigenvalue weighted by atomic mass is 19.2. The first-order chi connectivity index (χ1) is 10.6. The lowest BCUT2D eigenvalue weighted by Gasteiger charge is -2.28. The van der Waals surface area contributed by atoms with Crippen molar-refractivity contribution in [3.8, 4) is 0 Å². The summed E-state index contributed by atoms with van der Waals surface area (Å²) < 4.78 is 39.3. The molecule has 3 heteroatoms. The van der Waals surface area contributed by atoms with Gasteiger partial charge in [0.2, 0.25) is 0 Å². The quantitative estimate of drug-likeness (QED) is 0.433. The maximum absolute atomic E-state index is 13.2. The highest BCUT2D eigenvalue weighted by Gasteiger charge is 2.21. The van der Waals surface area contributed by atoms with Crippen LogP contribution in [0.4, 0.5) is 13.2 Å². The van der Waals surface area contributed by atoms with Gasteiger partial charge in [0.05, 0.1) is 0 Å². The molecule has 2 rings (SSSR count). The van der Waals surface area contributed by atoms with Gasteiger partial charge in [-0.2, -0.15) is 0 Å². The summed E-state index contributed by atoms with van der Waals surface area (Å²) in [5, 5.41) is 0. The molecule has 1 aliphatic carbocycles. The Morgan fingerprint density at radius 3 is 2.05 bits per heavy atom. The molecule has 1 fully saturated rings. The van der Waals surface area contributed by atoms with Crippen LogP contribution in [0.1, 0.15) is 57.4 Å². The first-order valence-electron chi connectivity index (χ1n) is 8.34. The molecule has 0 radical (unpaired) electrons.